The second-order valence-corrected chi connectivity index (χ2v) is 7.47. The van der Waals surface area contributed by atoms with Gasteiger partial charge in [-0.3, -0.25) is 0 Å². The van der Waals surface area contributed by atoms with Gasteiger partial charge in [-0.1, -0.05) is 6.07 Å². The average molecular weight is 455 g/mol. The lowest BCUT2D eigenvalue weighted by Crippen LogP contribution is -2.36. The topological polar surface area (TPSA) is 110 Å². The van der Waals surface area contributed by atoms with E-state index in [-0.39, 0.29) is 12.4 Å². The van der Waals surface area contributed by atoms with Crippen LogP contribution in [0.15, 0.2) is 36.4 Å². The highest BCUT2D eigenvalue weighted by Crippen LogP contribution is 2.45. The zero-order valence-electron chi connectivity index (χ0n) is 18.4. The van der Waals surface area contributed by atoms with E-state index < -0.39 is 6.03 Å². The van der Waals surface area contributed by atoms with Crippen molar-refractivity contribution in [3.05, 3.63) is 53.3 Å². The van der Waals surface area contributed by atoms with E-state index in [2.05, 4.69) is 21.0 Å². The van der Waals surface area contributed by atoms with Crippen LogP contribution < -0.4 is 25.4 Å². The summed E-state index contributed by atoms with van der Waals surface area (Å²) in [5.41, 5.74) is 3.77. The Morgan fingerprint density at radius 1 is 1.15 bits per heavy atom. The number of hydrogen-bond donors (Lipinski definition) is 4. The van der Waals surface area contributed by atoms with Crippen LogP contribution in [-0.4, -0.2) is 61.4 Å². The molecule has 9 nitrogen and oxygen atoms in total. The zero-order valence-corrected chi connectivity index (χ0v) is 18.4. The number of anilines is 2. The minimum Gasteiger partial charge on any atom is -0.493 e. The number of aliphatic hydroxyl groups excluding tert-OH is 1. The van der Waals surface area contributed by atoms with Gasteiger partial charge in [-0.15, -0.1) is 5.10 Å². The van der Waals surface area contributed by atoms with Gasteiger partial charge in [-0.05, 0) is 35.9 Å². The van der Waals surface area contributed by atoms with Gasteiger partial charge in [0.25, 0.3) is 0 Å². The maximum Gasteiger partial charge on any atom is 0.342 e. The molecular weight excluding hydrogens is 429 g/mol. The maximum absolute atomic E-state index is 13.7. The van der Waals surface area contributed by atoms with Crippen molar-refractivity contribution in [2.75, 3.05) is 45.8 Å². The number of aliphatic hydroxyl groups is 1. The Labute approximate surface area is 190 Å². The monoisotopic (exact) mass is 455 g/mol. The van der Waals surface area contributed by atoms with Crippen LogP contribution in [0.3, 0.4) is 0 Å². The van der Waals surface area contributed by atoms with Crippen molar-refractivity contribution in [3.8, 4) is 22.8 Å². The number of hydrogen-bond acceptors (Lipinski definition) is 7. The van der Waals surface area contributed by atoms with Gasteiger partial charge < -0.3 is 30.5 Å². The number of ether oxygens (including phenoxy) is 2. The fourth-order valence-corrected chi connectivity index (χ4v) is 3.86. The van der Waals surface area contributed by atoms with Crippen molar-refractivity contribution >= 4 is 17.5 Å². The highest BCUT2D eigenvalue weighted by Gasteiger charge is 2.31. The van der Waals surface area contributed by atoms with Crippen LogP contribution in [0.25, 0.3) is 11.3 Å². The molecule has 0 bridgehead atoms. The molecule has 10 heteroatoms. The van der Waals surface area contributed by atoms with E-state index in [1.165, 1.54) is 16.8 Å². The Balaban J connectivity index is 1.70. The van der Waals surface area contributed by atoms with E-state index in [1.807, 2.05) is 12.1 Å². The summed E-state index contributed by atoms with van der Waals surface area (Å²) in [5.74, 6) is 1.24. The molecule has 174 valence electrons. The van der Waals surface area contributed by atoms with E-state index in [0.717, 1.165) is 16.7 Å². The highest BCUT2D eigenvalue weighted by molar-refractivity contribution is 5.90. The molecule has 1 heterocycles. The van der Waals surface area contributed by atoms with Crippen LogP contribution >= 0.6 is 0 Å². The SMILES string of the molecule is COc1cc2c(cc1OC)-c1c(c(Nc3cccc(F)c3)nn1C(=O)NCCNCCO)C2. The van der Waals surface area contributed by atoms with Gasteiger partial charge in [0.05, 0.1) is 26.5 Å². The van der Waals surface area contributed by atoms with E-state index >= 15 is 0 Å². The summed E-state index contributed by atoms with van der Waals surface area (Å²) >= 11 is 0. The average Bonchev–Trinajstić information content (AvgIpc) is 3.35. The van der Waals surface area contributed by atoms with Gasteiger partial charge in [0.1, 0.15) is 5.82 Å². The molecule has 2 aromatic carbocycles. The molecule has 0 atom stereocenters. The second-order valence-electron chi connectivity index (χ2n) is 7.47. The summed E-state index contributed by atoms with van der Waals surface area (Å²) in [6.45, 7) is 1.34. The molecule has 0 aliphatic heterocycles. The van der Waals surface area contributed by atoms with E-state index in [9.17, 15) is 9.18 Å². The van der Waals surface area contributed by atoms with E-state index in [1.54, 1.807) is 26.4 Å². The third-order valence-electron chi connectivity index (χ3n) is 5.36. The Hall–Kier alpha value is -3.63. The molecule has 1 amide bonds. The van der Waals surface area contributed by atoms with Crippen LogP contribution in [0.2, 0.25) is 0 Å². The molecule has 0 saturated heterocycles. The molecule has 0 fully saturated rings. The Morgan fingerprint density at radius 3 is 2.67 bits per heavy atom. The molecule has 0 spiro atoms. The lowest BCUT2D eigenvalue weighted by molar-refractivity contribution is 0.240. The van der Waals surface area contributed by atoms with Crippen LogP contribution in [0.1, 0.15) is 11.1 Å². The summed E-state index contributed by atoms with van der Waals surface area (Å²) in [4.78, 5) is 13.0. The van der Waals surface area contributed by atoms with Crippen molar-refractivity contribution in [3.63, 3.8) is 0 Å². The van der Waals surface area contributed by atoms with Gasteiger partial charge in [-0.2, -0.15) is 4.68 Å². The highest BCUT2D eigenvalue weighted by atomic mass is 19.1. The molecular formula is C23H26FN5O4. The summed E-state index contributed by atoms with van der Waals surface area (Å²) in [6.07, 6.45) is 0.522. The Bertz CT molecular complexity index is 1160. The van der Waals surface area contributed by atoms with Crippen molar-refractivity contribution in [1.29, 1.82) is 0 Å². The van der Waals surface area contributed by atoms with Crippen LogP contribution in [0.5, 0.6) is 11.5 Å². The summed E-state index contributed by atoms with van der Waals surface area (Å²) < 4.78 is 25.9. The summed E-state index contributed by atoms with van der Waals surface area (Å²) in [5, 5.41) is 22.3. The van der Waals surface area contributed by atoms with Crippen LogP contribution in [0.4, 0.5) is 20.7 Å². The van der Waals surface area contributed by atoms with Crippen molar-refractivity contribution in [2.45, 2.75) is 6.42 Å². The number of methoxy groups -OCH3 is 2. The fourth-order valence-electron chi connectivity index (χ4n) is 3.86. The lowest BCUT2D eigenvalue weighted by Gasteiger charge is -2.12. The maximum atomic E-state index is 13.7. The predicted octanol–water partition coefficient (Wildman–Crippen LogP) is 2.49. The number of benzene rings is 2. The normalized spacial score (nSPS) is 11.6. The molecule has 4 rings (SSSR count). The second kappa shape index (κ2) is 9.88. The van der Waals surface area contributed by atoms with E-state index in [0.29, 0.717) is 54.8 Å². The summed E-state index contributed by atoms with van der Waals surface area (Å²) in [7, 11) is 3.13. The largest absolute Gasteiger partial charge is 0.493 e. The first-order valence-electron chi connectivity index (χ1n) is 10.5. The first-order chi connectivity index (χ1) is 16.0. The number of aromatic nitrogens is 2. The molecule has 3 aromatic rings. The number of nitrogens with one attached hydrogen (secondary N) is 3. The van der Waals surface area contributed by atoms with Crippen molar-refractivity contribution in [1.82, 2.24) is 20.4 Å². The lowest BCUT2D eigenvalue weighted by atomic mass is 10.1. The molecule has 4 N–H and O–H groups in total. The number of carbonyl (C=O) groups excluding carboxylic acids is 1. The molecule has 0 saturated carbocycles. The first kappa shape index (κ1) is 22.6. The van der Waals surface area contributed by atoms with Gasteiger partial charge in [0.2, 0.25) is 0 Å². The quantitative estimate of drug-likeness (QED) is 0.287. The van der Waals surface area contributed by atoms with Crippen molar-refractivity contribution in [2.24, 2.45) is 0 Å². The number of rotatable bonds is 9. The van der Waals surface area contributed by atoms with Crippen molar-refractivity contribution < 1.29 is 23.8 Å². The van der Waals surface area contributed by atoms with Crippen LogP contribution in [-0.2, 0) is 6.42 Å². The Kier molecular flexibility index (Phi) is 6.76. The van der Waals surface area contributed by atoms with Gasteiger partial charge in [-0.25, -0.2) is 9.18 Å². The Morgan fingerprint density at radius 2 is 1.94 bits per heavy atom. The van der Waals surface area contributed by atoms with Crippen LogP contribution in [0, 0.1) is 5.82 Å². The minimum absolute atomic E-state index is 0.0256. The minimum atomic E-state index is -0.396. The third-order valence-corrected chi connectivity index (χ3v) is 5.36. The standard InChI is InChI=1S/C23H26FN5O4/c1-32-19-11-14-10-18-21(17(14)13-20(19)33-2)29(23(31)26-7-6-25-8-9-30)28-22(18)27-16-5-3-4-15(24)12-16/h3-5,11-13,25,30H,6-10H2,1-2H3,(H,26,31)(H,27,28). The molecule has 1 aromatic heterocycles. The molecule has 33 heavy (non-hydrogen) atoms. The number of carbonyl (C=O) groups is 1. The molecule has 0 radical (unpaired) electrons. The molecule has 1 aliphatic rings. The number of nitrogens with zero attached hydrogens (tertiary/aromatic N) is 2. The molecule has 1 aliphatic carbocycles. The van der Waals surface area contributed by atoms with Gasteiger partial charge in [0, 0.05) is 42.9 Å². The zero-order chi connectivity index (χ0) is 23.4. The molecule has 0 unspecified atom stereocenters. The van der Waals surface area contributed by atoms with Gasteiger partial charge >= 0.3 is 6.03 Å². The number of fused-ring (bicyclic) bond motifs is 3. The third kappa shape index (κ3) is 4.62. The fraction of sp³-hybridized carbons (Fsp3) is 0.304. The van der Waals surface area contributed by atoms with E-state index in [4.69, 9.17) is 14.6 Å². The smallest absolute Gasteiger partial charge is 0.342 e. The first-order valence-corrected chi connectivity index (χ1v) is 10.5. The predicted molar refractivity (Wildman–Crippen MR) is 122 cm³/mol. The van der Waals surface area contributed by atoms with Gasteiger partial charge in [0.15, 0.2) is 17.3 Å². The number of amides is 1. The summed E-state index contributed by atoms with van der Waals surface area (Å²) in [6, 6.07) is 9.39. The number of halogens is 1.